The number of nitrogens with one attached hydrogen (secondary N) is 2. The van der Waals surface area contributed by atoms with Gasteiger partial charge >= 0.3 is 0 Å². The lowest BCUT2D eigenvalue weighted by Crippen LogP contribution is -2.32. The number of hydrogen-bond donors (Lipinski definition) is 2. The van der Waals surface area contributed by atoms with Gasteiger partial charge in [0.2, 0.25) is 0 Å². The van der Waals surface area contributed by atoms with Crippen LogP contribution in [0.3, 0.4) is 0 Å². The number of nitrogens with zero attached hydrogens (tertiary/aromatic N) is 2. The molecule has 0 atom stereocenters. The van der Waals surface area contributed by atoms with Gasteiger partial charge in [-0.1, -0.05) is 26.7 Å². The molecule has 2 rings (SSSR count). The zero-order chi connectivity index (χ0) is 13.9. The van der Waals surface area contributed by atoms with E-state index in [-0.39, 0.29) is 5.54 Å². The van der Waals surface area contributed by atoms with Gasteiger partial charge in [-0.3, -0.25) is 0 Å². The first-order valence-electron chi connectivity index (χ1n) is 7.42. The molecule has 1 aliphatic rings. The first-order valence-corrected chi connectivity index (χ1v) is 7.42. The van der Waals surface area contributed by atoms with Crippen LogP contribution in [0.5, 0.6) is 0 Å². The molecule has 1 aromatic heterocycles. The van der Waals surface area contributed by atoms with E-state index < -0.39 is 0 Å². The fourth-order valence-electron chi connectivity index (χ4n) is 2.92. The van der Waals surface area contributed by atoms with Crippen molar-refractivity contribution in [1.82, 2.24) is 9.97 Å². The Morgan fingerprint density at radius 3 is 2.42 bits per heavy atom. The van der Waals surface area contributed by atoms with E-state index in [1.807, 2.05) is 0 Å². The summed E-state index contributed by atoms with van der Waals surface area (Å²) in [5.74, 6) is 2.38. The smallest absolute Gasteiger partial charge is 0.135 e. The first-order chi connectivity index (χ1) is 9.06. The van der Waals surface area contributed by atoms with Crippen molar-refractivity contribution in [3.8, 4) is 0 Å². The molecule has 2 N–H and O–H groups in total. The van der Waals surface area contributed by atoms with Crippen LogP contribution in [-0.2, 0) is 0 Å². The normalized spacial score (nSPS) is 17.7. The van der Waals surface area contributed by atoms with E-state index in [0.717, 1.165) is 18.2 Å². The highest BCUT2D eigenvalue weighted by atomic mass is 15.1. The van der Waals surface area contributed by atoms with Crippen LogP contribution in [0.4, 0.5) is 11.6 Å². The molecular formula is C15H26N4. The quantitative estimate of drug-likeness (QED) is 0.848. The second-order valence-electron chi connectivity index (χ2n) is 6.06. The van der Waals surface area contributed by atoms with Crippen LogP contribution in [0, 0.1) is 0 Å². The molecule has 1 fully saturated rings. The van der Waals surface area contributed by atoms with Gasteiger partial charge in [-0.2, -0.15) is 0 Å². The lowest BCUT2D eigenvalue weighted by Gasteiger charge is -2.28. The van der Waals surface area contributed by atoms with Gasteiger partial charge in [-0.05, 0) is 32.6 Å². The summed E-state index contributed by atoms with van der Waals surface area (Å²) in [6.45, 7) is 9.67. The largest absolute Gasteiger partial charge is 0.370 e. The van der Waals surface area contributed by atoms with E-state index in [9.17, 15) is 0 Å². The minimum Gasteiger partial charge on any atom is -0.370 e. The van der Waals surface area contributed by atoms with E-state index in [0.29, 0.717) is 5.92 Å². The van der Waals surface area contributed by atoms with Gasteiger partial charge in [0.25, 0.3) is 0 Å². The van der Waals surface area contributed by atoms with E-state index in [4.69, 9.17) is 0 Å². The van der Waals surface area contributed by atoms with E-state index in [1.54, 1.807) is 6.33 Å². The fourth-order valence-corrected chi connectivity index (χ4v) is 2.92. The summed E-state index contributed by atoms with van der Waals surface area (Å²) in [6.07, 6.45) is 6.73. The molecular weight excluding hydrogens is 236 g/mol. The molecule has 19 heavy (non-hydrogen) atoms. The predicted octanol–water partition coefficient (Wildman–Crippen LogP) is 3.78. The van der Waals surface area contributed by atoms with Crippen LogP contribution in [0.25, 0.3) is 0 Å². The average Bonchev–Trinajstić information content (AvgIpc) is 2.76. The molecule has 0 bridgehead atoms. The third-order valence-corrected chi connectivity index (χ3v) is 3.93. The maximum absolute atomic E-state index is 4.49. The van der Waals surface area contributed by atoms with Crippen LogP contribution >= 0.6 is 0 Å². The van der Waals surface area contributed by atoms with Crippen molar-refractivity contribution < 1.29 is 0 Å². The van der Waals surface area contributed by atoms with Gasteiger partial charge in [-0.25, -0.2) is 9.97 Å². The van der Waals surface area contributed by atoms with Crippen molar-refractivity contribution in [2.24, 2.45) is 0 Å². The third kappa shape index (κ3) is 3.17. The molecule has 0 saturated heterocycles. The number of rotatable bonds is 5. The Morgan fingerprint density at radius 1 is 1.21 bits per heavy atom. The molecule has 0 amide bonds. The Bertz CT molecular complexity index is 422. The van der Waals surface area contributed by atoms with Crippen LogP contribution in [0.2, 0.25) is 0 Å². The predicted molar refractivity (Wildman–Crippen MR) is 80.8 cm³/mol. The molecule has 106 valence electrons. The Balaban J connectivity index is 2.30. The maximum atomic E-state index is 4.49. The number of anilines is 2. The molecule has 4 nitrogen and oxygen atoms in total. The average molecular weight is 262 g/mol. The molecule has 0 spiro atoms. The molecule has 1 aromatic rings. The van der Waals surface area contributed by atoms with Crippen molar-refractivity contribution in [2.45, 2.75) is 64.8 Å². The van der Waals surface area contributed by atoms with Crippen molar-refractivity contribution in [3.05, 3.63) is 11.9 Å². The van der Waals surface area contributed by atoms with E-state index in [1.165, 1.54) is 31.2 Å². The summed E-state index contributed by atoms with van der Waals surface area (Å²) in [7, 11) is 0. The molecule has 1 saturated carbocycles. The zero-order valence-electron chi connectivity index (χ0n) is 12.6. The van der Waals surface area contributed by atoms with Crippen LogP contribution in [0.1, 0.15) is 64.9 Å². The van der Waals surface area contributed by atoms with Gasteiger partial charge < -0.3 is 10.6 Å². The molecule has 0 aromatic carbocycles. The monoisotopic (exact) mass is 262 g/mol. The summed E-state index contributed by atoms with van der Waals surface area (Å²) in [4.78, 5) is 8.87. The summed E-state index contributed by atoms with van der Waals surface area (Å²) >= 11 is 0. The van der Waals surface area contributed by atoms with Crippen LogP contribution in [0.15, 0.2) is 6.33 Å². The third-order valence-electron chi connectivity index (χ3n) is 3.93. The molecule has 0 unspecified atom stereocenters. The Kier molecular flexibility index (Phi) is 4.27. The van der Waals surface area contributed by atoms with Crippen molar-refractivity contribution in [3.63, 3.8) is 0 Å². The Labute approximate surface area is 116 Å². The first kappa shape index (κ1) is 14.1. The van der Waals surface area contributed by atoms with Crippen molar-refractivity contribution in [2.75, 3.05) is 17.2 Å². The van der Waals surface area contributed by atoms with Crippen molar-refractivity contribution in [1.29, 1.82) is 0 Å². The van der Waals surface area contributed by atoms with Gasteiger partial charge in [0.1, 0.15) is 18.0 Å². The SMILES string of the molecule is CCNc1ncnc(NC2(C)CCCC2)c1C(C)C. The van der Waals surface area contributed by atoms with Gasteiger partial charge in [0, 0.05) is 17.6 Å². The number of hydrogen-bond acceptors (Lipinski definition) is 4. The lowest BCUT2D eigenvalue weighted by molar-refractivity contribution is 0.529. The van der Waals surface area contributed by atoms with Crippen molar-refractivity contribution >= 4 is 11.6 Å². The standard InChI is InChI=1S/C15H26N4/c1-5-16-13-12(11(2)3)14(18-10-17-13)19-15(4)8-6-7-9-15/h10-11H,5-9H2,1-4H3,(H2,16,17,18,19). The number of aromatic nitrogens is 2. The highest BCUT2D eigenvalue weighted by Crippen LogP contribution is 2.35. The zero-order valence-corrected chi connectivity index (χ0v) is 12.6. The van der Waals surface area contributed by atoms with Gasteiger partial charge in [0.05, 0.1) is 0 Å². The maximum Gasteiger partial charge on any atom is 0.135 e. The Morgan fingerprint density at radius 2 is 1.84 bits per heavy atom. The van der Waals surface area contributed by atoms with Crippen LogP contribution in [-0.4, -0.2) is 22.1 Å². The minimum atomic E-state index is 0.196. The topological polar surface area (TPSA) is 49.8 Å². The van der Waals surface area contributed by atoms with Crippen LogP contribution < -0.4 is 10.6 Å². The molecule has 0 aliphatic heterocycles. The summed E-state index contributed by atoms with van der Waals surface area (Å²) in [5.41, 5.74) is 1.40. The Hall–Kier alpha value is -1.32. The van der Waals surface area contributed by atoms with E-state index >= 15 is 0 Å². The highest BCUT2D eigenvalue weighted by Gasteiger charge is 2.30. The summed E-state index contributed by atoms with van der Waals surface area (Å²) in [5, 5.41) is 7.02. The van der Waals surface area contributed by atoms with E-state index in [2.05, 4.69) is 48.3 Å². The molecule has 1 aliphatic carbocycles. The summed E-state index contributed by atoms with van der Waals surface area (Å²) < 4.78 is 0. The molecule has 4 heteroatoms. The van der Waals surface area contributed by atoms with Gasteiger partial charge in [-0.15, -0.1) is 0 Å². The molecule has 0 radical (unpaired) electrons. The minimum absolute atomic E-state index is 0.196. The lowest BCUT2D eigenvalue weighted by atomic mass is 9.98. The highest BCUT2D eigenvalue weighted by molar-refractivity contribution is 5.59. The fraction of sp³-hybridized carbons (Fsp3) is 0.733. The second-order valence-corrected chi connectivity index (χ2v) is 6.06. The molecule has 1 heterocycles. The second kappa shape index (κ2) is 5.76. The summed E-state index contributed by atoms with van der Waals surface area (Å²) in [6, 6.07) is 0. The van der Waals surface area contributed by atoms with Gasteiger partial charge in [0.15, 0.2) is 0 Å².